The quantitative estimate of drug-likeness (QED) is 0.277. The van der Waals surface area contributed by atoms with Gasteiger partial charge in [-0.3, -0.25) is 14.6 Å². The van der Waals surface area contributed by atoms with Crippen molar-refractivity contribution in [1.82, 2.24) is 34.6 Å². The third kappa shape index (κ3) is 4.32. The standard InChI is InChI=1S/C20H17N7O6/c28-16(12-4-1-2-5-13(12)19(32)33)21-6-3-7-26-10-22-14-15(26)24-20(25-17(14)29)27-9-11(8-23-27)18(30)31/h1-2,4-5,8-10H,3,6-7H2,(H,21,28)(H,30,31)(H,32,33)(H,24,25,29). The number of nitrogens with one attached hydrogen (secondary N) is 2. The van der Waals surface area contributed by atoms with Crippen molar-refractivity contribution in [2.24, 2.45) is 0 Å². The molecule has 0 fully saturated rings. The molecule has 0 atom stereocenters. The topological polar surface area (TPSA) is 185 Å². The molecule has 1 amide bonds. The minimum atomic E-state index is -1.19. The van der Waals surface area contributed by atoms with Gasteiger partial charge in [-0.25, -0.2) is 19.3 Å². The number of nitrogens with zero attached hydrogens (tertiary/aromatic N) is 5. The molecule has 4 N–H and O–H groups in total. The van der Waals surface area contributed by atoms with E-state index in [2.05, 4.69) is 25.4 Å². The zero-order valence-electron chi connectivity index (χ0n) is 16.9. The van der Waals surface area contributed by atoms with Gasteiger partial charge in [0, 0.05) is 19.3 Å². The number of hydrogen-bond acceptors (Lipinski definition) is 7. The number of carboxylic acid groups (broad SMARTS) is 2. The molecular formula is C20H17N7O6. The Kier molecular flexibility index (Phi) is 5.67. The second-order valence-electron chi connectivity index (χ2n) is 6.94. The van der Waals surface area contributed by atoms with Crippen molar-refractivity contribution < 1.29 is 24.6 Å². The number of carbonyl (C=O) groups excluding carboxylic acids is 1. The van der Waals surface area contributed by atoms with Crippen LogP contribution in [0.5, 0.6) is 0 Å². The Morgan fingerprint density at radius 2 is 1.85 bits per heavy atom. The van der Waals surface area contributed by atoms with Crippen molar-refractivity contribution in [3.63, 3.8) is 0 Å². The summed E-state index contributed by atoms with van der Waals surface area (Å²) < 4.78 is 2.76. The Morgan fingerprint density at radius 1 is 1.09 bits per heavy atom. The number of carboxylic acids is 2. The van der Waals surface area contributed by atoms with Gasteiger partial charge in [-0.15, -0.1) is 0 Å². The lowest BCUT2D eigenvalue weighted by Crippen LogP contribution is -2.27. The highest BCUT2D eigenvalue weighted by molar-refractivity contribution is 6.04. The number of H-pyrrole nitrogens is 1. The predicted octanol–water partition coefficient (Wildman–Crippen LogP) is 0.522. The van der Waals surface area contributed by atoms with Gasteiger partial charge in [0.05, 0.1) is 29.2 Å². The molecule has 0 aliphatic heterocycles. The van der Waals surface area contributed by atoms with E-state index in [-0.39, 0.29) is 40.3 Å². The first kappa shape index (κ1) is 21.4. The molecule has 1 aromatic carbocycles. The lowest BCUT2D eigenvalue weighted by Gasteiger charge is -2.08. The highest BCUT2D eigenvalue weighted by Crippen LogP contribution is 2.11. The van der Waals surface area contributed by atoms with Crippen molar-refractivity contribution in [2.75, 3.05) is 6.54 Å². The van der Waals surface area contributed by atoms with Crippen LogP contribution in [0.3, 0.4) is 0 Å². The SMILES string of the molecule is O=C(O)c1cnn(-c2nc3c(ncn3CCCNC(=O)c3ccccc3C(=O)O)c(=O)[nH]2)c1. The van der Waals surface area contributed by atoms with Gasteiger partial charge in [0.1, 0.15) is 0 Å². The van der Waals surface area contributed by atoms with Crippen LogP contribution in [-0.4, -0.2) is 63.9 Å². The van der Waals surface area contributed by atoms with Crippen molar-refractivity contribution >= 4 is 29.0 Å². The van der Waals surface area contributed by atoms with Gasteiger partial charge >= 0.3 is 11.9 Å². The molecule has 13 heteroatoms. The maximum atomic E-state index is 12.4. The number of benzene rings is 1. The van der Waals surface area contributed by atoms with Crippen LogP contribution in [0, 0.1) is 0 Å². The lowest BCUT2D eigenvalue weighted by molar-refractivity contribution is 0.0684. The number of imidazole rings is 1. The summed E-state index contributed by atoms with van der Waals surface area (Å²) in [6.07, 6.45) is 4.23. The number of rotatable bonds is 8. The maximum Gasteiger partial charge on any atom is 0.338 e. The van der Waals surface area contributed by atoms with E-state index in [0.717, 1.165) is 10.9 Å². The van der Waals surface area contributed by atoms with E-state index in [1.54, 1.807) is 16.7 Å². The van der Waals surface area contributed by atoms with Gasteiger partial charge in [0.2, 0.25) is 5.95 Å². The smallest absolute Gasteiger partial charge is 0.338 e. The number of aryl methyl sites for hydroxylation is 1. The predicted molar refractivity (Wildman–Crippen MR) is 113 cm³/mol. The summed E-state index contributed by atoms with van der Waals surface area (Å²) in [5.74, 6) is -2.83. The molecule has 0 aliphatic carbocycles. The average Bonchev–Trinajstić information content (AvgIpc) is 3.44. The fraction of sp³-hybridized carbons (Fsp3) is 0.150. The molecule has 33 heavy (non-hydrogen) atoms. The molecule has 0 unspecified atom stereocenters. The maximum absolute atomic E-state index is 12.4. The summed E-state index contributed by atoms with van der Waals surface area (Å²) in [6.45, 7) is 0.594. The van der Waals surface area contributed by atoms with Crippen LogP contribution >= 0.6 is 0 Å². The fourth-order valence-electron chi connectivity index (χ4n) is 3.18. The van der Waals surface area contributed by atoms with Crippen LogP contribution in [0.2, 0.25) is 0 Å². The first-order valence-electron chi connectivity index (χ1n) is 9.69. The molecule has 3 aromatic heterocycles. The van der Waals surface area contributed by atoms with Crippen molar-refractivity contribution in [3.8, 4) is 5.95 Å². The zero-order valence-corrected chi connectivity index (χ0v) is 16.9. The lowest BCUT2D eigenvalue weighted by atomic mass is 10.1. The Labute approximate surface area is 184 Å². The number of aromatic amines is 1. The van der Waals surface area contributed by atoms with Crippen LogP contribution < -0.4 is 10.9 Å². The fourth-order valence-corrected chi connectivity index (χ4v) is 3.18. The summed E-state index contributed by atoms with van der Waals surface area (Å²) in [7, 11) is 0. The molecule has 0 saturated carbocycles. The monoisotopic (exact) mass is 451 g/mol. The number of aromatic carboxylic acids is 2. The van der Waals surface area contributed by atoms with Gasteiger partial charge in [0.25, 0.3) is 11.5 Å². The van der Waals surface area contributed by atoms with Crippen molar-refractivity contribution in [3.05, 3.63) is 70.0 Å². The average molecular weight is 451 g/mol. The number of aromatic nitrogens is 6. The molecule has 13 nitrogen and oxygen atoms in total. The summed E-state index contributed by atoms with van der Waals surface area (Å²) in [4.78, 5) is 57.9. The molecule has 0 aliphatic rings. The largest absolute Gasteiger partial charge is 0.478 e. The number of carbonyl (C=O) groups is 3. The number of fused-ring (bicyclic) bond motifs is 1. The molecule has 0 radical (unpaired) electrons. The normalized spacial score (nSPS) is 10.9. The van der Waals surface area contributed by atoms with Gasteiger partial charge in [-0.05, 0) is 18.6 Å². The summed E-state index contributed by atoms with van der Waals surface area (Å²) in [5.41, 5.74) is -0.231. The van der Waals surface area contributed by atoms with E-state index in [4.69, 9.17) is 5.11 Å². The summed E-state index contributed by atoms with van der Waals surface area (Å²) in [6, 6.07) is 5.91. The van der Waals surface area contributed by atoms with Gasteiger partial charge in [-0.2, -0.15) is 10.1 Å². The first-order valence-corrected chi connectivity index (χ1v) is 9.69. The van der Waals surface area contributed by atoms with E-state index >= 15 is 0 Å². The summed E-state index contributed by atoms with van der Waals surface area (Å²) >= 11 is 0. The van der Waals surface area contributed by atoms with Crippen LogP contribution in [0.1, 0.15) is 37.5 Å². The molecule has 0 spiro atoms. The Balaban J connectivity index is 1.46. The van der Waals surface area contributed by atoms with Gasteiger partial charge in [0.15, 0.2) is 11.2 Å². The second kappa shape index (κ2) is 8.74. The molecular weight excluding hydrogens is 434 g/mol. The van der Waals surface area contributed by atoms with Gasteiger partial charge in [-0.1, -0.05) is 12.1 Å². The minimum Gasteiger partial charge on any atom is -0.478 e. The zero-order chi connectivity index (χ0) is 23.5. The molecule has 4 rings (SSSR count). The van der Waals surface area contributed by atoms with Crippen LogP contribution in [0.4, 0.5) is 0 Å². The molecule has 4 aromatic rings. The van der Waals surface area contributed by atoms with Crippen molar-refractivity contribution in [1.29, 1.82) is 0 Å². The van der Waals surface area contributed by atoms with Crippen LogP contribution in [0.15, 0.2) is 47.8 Å². The third-order valence-electron chi connectivity index (χ3n) is 4.77. The second-order valence-corrected chi connectivity index (χ2v) is 6.94. The number of hydrogen-bond donors (Lipinski definition) is 4. The van der Waals surface area contributed by atoms with E-state index in [1.165, 1.54) is 24.7 Å². The minimum absolute atomic E-state index is 0.0281. The van der Waals surface area contributed by atoms with Gasteiger partial charge < -0.3 is 20.1 Å². The number of amides is 1. The van der Waals surface area contributed by atoms with E-state index in [9.17, 15) is 24.3 Å². The van der Waals surface area contributed by atoms with E-state index in [1.807, 2.05) is 0 Å². The Bertz CT molecular complexity index is 1430. The molecule has 0 saturated heterocycles. The van der Waals surface area contributed by atoms with Crippen LogP contribution in [0.25, 0.3) is 17.1 Å². The first-order chi connectivity index (χ1) is 15.8. The van der Waals surface area contributed by atoms with Crippen molar-refractivity contribution in [2.45, 2.75) is 13.0 Å². The Morgan fingerprint density at radius 3 is 2.55 bits per heavy atom. The van der Waals surface area contributed by atoms with Crippen LogP contribution in [-0.2, 0) is 6.54 Å². The molecule has 168 valence electrons. The highest BCUT2D eigenvalue weighted by atomic mass is 16.4. The molecule has 0 bridgehead atoms. The Hall–Kier alpha value is -4.81. The highest BCUT2D eigenvalue weighted by Gasteiger charge is 2.16. The van der Waals surface area contributed by atoms with E-state index < -0.39 is 23.4 Å². The third-order valence-corrected chi connectivity index (χ3v) is 4.77. The summed E-state index contributed by atoms with van der Waals surface area (Å²) in [5, 5.41) is 24.8. The van der Waals surface area contributed by atoms with E-state index in [0.29, 0.717) is 13.0 Å². The molecule has 3 heterocycles.